The van der Waals surface area contributed by atoms with Crippen molar-refractivity contribution in [1.29, 1.82) is 0 Å². The van der Waals surface area contributed by atoms with Gasteiger partial charge in [0.15, 0.2) is 5.78 Å². The summed E-state index contributed by atoms with van der Waals surface area (Å²) in [5.41, 5.74) is 2.75. The van der Waals surface area contributed by atoms with Crippen molar-refractivity contribution >= 4 is 21.7 Å². The van der Waals surface area contributed by atoms with Gasteiger partial charge in [-0.1, -0.05) is 41.1 Å². The number of Topliss-reactive ketones (excluding diaryl/α,β-unsaturated/α-hetero) is 1. The molecule has 0 aliphatic carbocycles. The van der Waals surface area contributed by atoms with Gasteiger partial charge in [-0.15, -0.1) is 0 Å². The fourth-order valence-electron chi connectivity index (χ4n) is 2.13. The van der Waals surface area contributed by atoms with Crippen molar-refractivity contribution in [3.63, 3.8) is 0 Å². The predicted octanol–water partition coefficient (Wildman–Crippen LogP) is 3.86. The van der Waals surface area contributed by atoms with Gasteiger partial charge in [0.2, 0.25) is 0 Å². The van der Waals surface area contributed by atoms with Crippen LogP contribution in [0, 0.1) is 6.92 Å². The van der Waals surface area contributed by atoms with Crippen LogP contribution in [0.4, 0.5) is 0 Å². The minimum absolute atomic E-state index is 0.136. The third kappa shape index (κ3) is 4.76. The average molecular weight is 347 g/mol. The van der Waals surface area contributed by atoms with Crippen LogP contribution >= 0.6 is 15.9 Å². The molecular weight excluding hydrogens is 328 g/mol. The lowest BCUT2D eigenvalue weighted by molar-refractivity contribution is 0.0929. The second-order valence-corrected chi connectivity index (χ2v) is 5.92. The maximum absolute atomic E-state index is 12.3. The van der Waals surface area contributed by atoms with E-state index in [2.05, 4.69) is 32.7 Å². The lowest BCUT2D eigenvalue weighted by Crippen LogP contribution is -2.29. The summed E-state index contributed by atoms with van der Waals surface area (Å²) in [5.74, 6) is 0.136. The molecule has 0 saturated carbocycles. The number of rotatable bonds is 6. The molecule has 0 fully saturated rings. The van der Waals surface area contributed by atoms with Crippen molar-refractivity contribution in [1.82, 2.24) is 9.88 Å². The molecule has 21 heavy (non-hydrogen) atoms. The molecule has 0 spiro atoms. The van der Waals surface area contributed by atoms with E-state index < -0.39 is 0 Å². The molecule has 0 bridgehead atoms. The Balaban J connectivity index is 2.01. The number of carbonyl (C=O) groups excluding carboxylic acids is 1. The van der Waals surface area contributed by atoms with Gasteiger partial charge < -0.3 is 0 Å². The summed E-state index contributed by atoms with van der Waals surface area (Å²) in [5, 5.41) is 0. The van der Waals surface area contributed by atoms with Crippen LogP contribution in [0.15, 0.2) is 46.9 Å². The topological polar surface area (TPSA) is 33.2 Å². The first-order valence-electron chi connectivity index (χ1n) is 7.02. The molecule has 4 heteroatoms. The van der Waals surface area contributed by atoms with E-state index in [4.69, 9.17) is 0 Å². The number of likely N-dealkylation sites (N-methyl/N-ethyl adjacent to an activating group) is 1. The van der Waals surface area contributed by atoms with Gasteiger partial charge in [0.05, 0.1) is 12.2 Å². The number of nitrogens with zero attached hydrogens (tertiary/aromatic N) is 2. The molecule has 0 radical (unpaired) electrons. The van der Waals surface area contributed by atoms with Gasteiger partial charge in [0.1, 0.15) is 0 Å². The summed E-state index contributed by atoms with van der Waals surface area (Å²) < 4.78 is 0.982. The minimum Gasteiger partial charge on any atom is -0.293 e. The van der Waals surface area contributed by atoms with E-state index in [0.717, 1.165) is 28.0 Å². The number of pyridine rings is 1. The fourth-order valence-corrected chi connectivity index (χ4v) is 2.39. The number of ketones is 1. The normalized spacial score (nSPS) is 10.9. The highest BCUT2D eigenvalue weighted by atomic mass is 79.9. The molecular formula is C17H19BrN2O. The molecule has 0 unspecified atom stereocenters. The molecule has 0 aliphatic heterocycles. The first-order chi connectivity index (χ1) is 10.1. The number of benzene rings is 1. The maximum Gasteiger partial charge on any atom is 0.176 e. The van der Waals surface area contributed by atoms with Crippen molar-refractivity contribution in [3.05, 3.63) is 63.9 Å². The predicted molar refractivity (Wildman–Crippen MR) is 88.4 cm³/mol. The molecule has 2 aromatic rings. The second kappa shape index (κ2) is 7.48. The van der Waals surface area contributed by atoms with E-state index in [1.807, 2.05) is 49.4 Å². The van der Waals surface area contributed by atoms with Crippen molar-refractivity contribution in [3.8, 4) is 0 Å². The van der Waals surface area contributed by atoms with E-state index in [-0.39, 0.29) is 5.78 Å². The van der Waals surface area contributed by atoms with Crippen LogP contribution in [0.2, 0.25) is 0 Å². The van der Waals surface area contributed by atoms with Crippen molar-refractivity contribution in [2.45, 2.75) is 20.4 Å². The quantitative estimate of drug-likeness (QED) is 0.744. The van der Waals surface area contributed by atoms with Crippen LogP contribution in [0.3, 0.4) is 0 Å². The third-order valence-electron chi connectivity index (χ3n) is 3.31. The van der Waals surface area contributed by atoms with E-state index >= 15 is 0 Å². The molecule has 110 valence electrons. The van der Waals surface area contributed by atoms with Crippen molar-refractivity contribution in [2.24, 2.45) is 0 Å². The second-order valence-electron chi connectivity index (χ2n) is 5.00. The van der Waals surface area contributed by atoms with Crippen LogP contribution in [-0.2, 0) is 6.54 Å². The molecule has 3 nitrogen and oxygen atoms in total. The summed E-state index contributed by atoms with van der Waals surface area (Å²) in [4.78, 5) is 18.9. The summed E-state index contributed by atoms with van der Waals surface area (Å²) in [6.45, 7) is 5.96. The average Bonchev–Trinajstić information content (AvgIpc) is 2.47. The SMILES string of the molecule is CCN(CC(=O)c1ccc(Br)cc1)Cc1cccc(C)n1. The van der Waals surface area contributed by atoms with E-state index in [1.54, 1.807) is 0 Å². The summed E-state index contributed by atoms with van der Waals surface area (Å²) >= 11 is 3.38. The molecule has 2 rings (SSSR count). The number of carbonyl (C=O) groups is 1. The molecule has 0 atom stereocenters. The molecule has 1 aromatic carbocycles. The molecule has 0 N–H and O–H groups in total. The van der Waals surface area contributed by atoms with Crippen molar-refractivity contribution < 1.29 is 4.79 Å². The number of aromatic nitrogens is 1. The molecule has 0 amide bonds. The van der Waals surface area contributed by atoms with Gasteiger partial charge in [0, 0.05) is 22.3 Å². The number of halogens is 1. The largest absolute Gasteiger partial charge is 0.293 e. The smallest absolute Gasteiger partial charge is 0.176 e. The summed E-state index contributed by atoms with van der Waals surface area (Å²) in [6.07, 6.45) is 0. The van der Waals surface area contributed by atoms with Crippen molar-refractivity contribution in [2.75, 3.05) is 13.1 Å². The van der Waals surface area contributed by atoms with Crippen LogP contribution < -0.4 is 0 Å². The summed E-state index contributed by atoms with van der Waals surface area (Å²) in [7, 11) is 0. The Morgan fingerprint density at radius 1 is 1.19 bits per heavy atom. The maximum atomic E-state index is 12.3. The number of hydrogen-bond donors (Lipinski definition) is 0. The lowest BCUT2D eigenvalue weighted by atomic mass is 10.1. The van der Waals surface area contributed by atoms with Gasteiger partial charge in [-0.3, -0.25) is 14.7 Å². The Bertz CT molecular complexity index is 610. The first-order valence-corrected chi connectivity index (χ1v) is 7.81. The zero-order valence-electron chi connectivity index (χ0n) is 12.3. The zero-order chi connectivity index (χ0) is 15.2. The molecule has 0 aliphatic rings. The number of hydrogen-bond acceptors (Lipinski definition) is 3. The Morgan fingerprint density at radius 3 is 2.52 bits per heavy atom. The Hall–Kier alpha value is -1.52. The Labute approximate surface area is 134 Å². The standard InChI is InChI=1S/C17H19BrN2O/c1-3-20(11-16-6-4-5-13(2)19-16)12-17(21)14-7-9-15(18)10-8-14/h4-10H,3,11-12H2,1-2H3. The lowest BCUT2D eigenvalue weighted by Gasteiger charge is -2.19. The van der Waals surface area contributed by atoms with Gasteiger partial charge in [-0.25, -0.2) is 0 Å². The molecule has 1 heterocycles. The van der Waals surface area contributed by atoms with Gasteiger partial charge in [-0.05, 0) is 37.7 Å². The highest BCUT2D eigenvalue weighted by Crippen LogP contribution is 2.12. The minimum atomic E-state index is 0.136. The van der Waals surface area contributed by atoms with E-state index in [9.17, 15) is 4.79 Å². The van der Waals surface area contributed by atoms with Crippen LogP contribution in [0.5, 0.6) is 0 Å². The monoisotopic (exact) mass is 346 g/mol. The first kappa shape index (κ1) is 15.9. The fraction of sp³-hybridized carbons (Fsp3) is 0.294. The highest BCUT2D eigenvalue weighted by Gasteiger charge is 2.12. The zero-order valence-corrected chi connectivity index (χ0v) is 13.9. The van der Waals surface area contributed by atoms with Crippen LogP contribution in [0.1, 0.15) is 28.7 Å². The Kier molecular flexibility index (Phi) is 5.65. The summed E-state index contributed by atoms with van der Waals surface area (Å²) in [6, 6.07) is 13.5. The third-order valence-corrected chi connectivity index (χ3v) is 3.84. The highest BCUT2D eigenvalue weighted by molar-refractivity contribution is 9.10. The van der Waals surface area contributed by atoms with E-state index in [0.29, 0.717) is 13.1 Å². The van der Waals surface area contributed by atoms with Gasteiger partial charge in [-0.2, -0.15) is 0 Å². The molecule has 0 saturated heterocycles. The van der Waals surface area contributed by atoms with E-state index in [1.165, 1.54) is 0 Å². The van der Waals surface area contributed by atoms with Gasteiger partial charge in [0.25, 0.3) is 0 Å². The Morgan fingerprint density at radius 2 is 1.90 bits per heavy atom. The van der Waals surface area contributed by atoms with Gasteiger partial charge >= 0.3 is 0 Å². The van der Waals surface area contributed by atoms with Crippen LogP contribution in [0.25, 0.3) is 0 Å². The molecule has 1 aromatic heterocycles. The van der Waals surface area contributed by atoms with Crippen LogP contribution in [-0.4, -0.2) is 28.8 Å². The number of aryl methyl sites for hydroxylation is 1.